The zero-order chi connectivity index (χ0) is 22.5. The summed E-state index contributed by atoms with van der Waals surface area (Å²) >= 11 is 2.94. The maximum absolute atomic E-state index is 13.4. The zero-order valence-corrected chi connectivity index (χ0v) is 19.4. The average Bonchev–Trinajstić information content (AvgIpc) is 3.33. The highest BCUT2D eigenvalue weighted by Crippen LogP contribution is 2.26. The minimum Gasteiger partial charge on any atom is -0.497 e. The second-order valence-corrected chi connectivity index (χ2v) is 9.47. The lowest BCUT2D eigenvalue weighted by Crippen LogP contribution is -2.33. The molecule has 1 amide bonds. The summed E-state index contributed by atoms with van der Waals surface area (Å²) < 4.78 is 6.88. The van der Waals surface area contributed by atoms with Crippen LogP contribution in [0.3, 0.4) is 0 Å². The number of fused-ring (bicyclic) bond motifs is 1. The molecule has 0 fully saturated rings. The highest BCUT2D eigenvalue weighted by atomic mass is 32.2. The predicted molar refractivity (Wildman–Crippen MR) is 130 cm³/mol. The molecule has 2 aromatic heterocycles. The molecule has 0 aliphatic heterocycles. The highest BCUT2D eigenvalue weighted by molar-refractivity contribution is 8.00. The van der Waals surface area contributed by atoms with E-state index in [0.29, 0.717) is 34.0 Å². The van der Waals surface area contributed by atoms with Gasteiger partial charge in [0.1, 0.15) is 5.75 Å². The number of para-hydroxylation sites is 1. The monoisotopic (exact) mass is 465 g/mol. The summed E-state index contributed by atoms with van der Waals surface area (Å²) in [6, 6.07) is 18.6. The van der Waals surface area contributed by atoms with E-state index in [0.717, 1.165) is 6.42 Å². The van der Waals surface area contributed by atoms with Crippen LogP contribution in [-0.2, 0) is 11.2 Å². The highest BCUT2D eigenvalue weighted by Gasteiger charge is 2.20. The molecule has 0 aliphatic carbocycles. The Hall–Kier alpha value is -3.10. The van der Waals surface area contributed by atoms with Gasteiger partial charge in [0.05, 0.1) is 29.0 Å². The maximum atomic E-state index is 13.4. The molecule has 1 atom stereocenters. The summed E-state index contributed by atoms with van der Waals surface area (Å²) in [4.78, 5) is 32.0. The number of nitrogens with one attached hydrogen (secondary N) is 1. The van der Waals surface area contributed by atoms with Gasteiger partial charge in [-0.2, -0.15) is 0 Å². The van der Waals surface area contributed by atoms with Crippen molar-refractivity contribution in [2.24, 2.45) is 0 Å². The molecule has 4 rings (SSSR count). The number of hydrogen-bond donors (Lipinski definition) is 1. The molecular weight excluding hydrogens is 442 g/mol. The largest absolute Gasteiger partial charge is 0.497 e. The Bertz CT molecular complexity index is 1290. The van der Waals surface area contributed by atoms with Crippen molar-refractivity contribution in [1.29, 1.82) is 0 Å². The van der Waals surface area contributed by atoms with Crippen LogP contribution in [0.5, 0.6) is 5.75 Å². The summed E-state index contributed by atoms with van der Waals surface area (Å²) in [6.45, 7) is 2.39. The second-order valence-electron chi connectivity index (χ2n) is 7.13. The lowest BCUT2D eigenvalue weighted by Gasteiger charge is -2.17. The van der Waals surface area contributed by atoms with E-state index in [1.54, 1.807) is 35.1 Å². The van der Waals surface area contributed by atoms with E-state index >= 15 is 0 Å². The van der Waals surface area contributed by atoms with Crippen molar-refractivity contribution >= 4 is 39.9 Å². The topological polar surface area (TPSA) is 73.2 Å². The number of methoxy groups -OCH3 is 1. The number of thiophene rings is 1. The molecule has 2 heterocycles. The smallest absolute Gasteiger partial charge is 0.266 e. The minimum atomic E-state index is -0.428. The average molecular weight is 466 g/mol. The Balaban J connectivity index is 1.63. The van der Waals surface area contributed by atoms with Gasteiger partial charge < -0.3 is 10.1 Å². The first-order chi connectivity index (χ1) is 15.6. The van der Waals surface area contributed by atoms with Gasteiger partial charge in [0.2, 0.25) is 5.91 Å². The third kappa shape index (κ3) is 4.87. The third-order valence-corrected chi connectivity index (χ3v) is 6.95. The van der Waals surface area contributed by atoms with Crippen LogP contribution in [0.25, 0.3) is 16.6 Å². The normalized spacial score (nSPS) is 11.9. The molecule has 0 saturated carbocycles. The number of carbonyl (C=O) groups excluding carboxylic acids is 1. The summed E-state index contributed by atoms with van der Waals surface area (Å²) in [5, 5.41) is 5.56. The summed E-state index contributed by atoms with van der Waals surface area (Å²) in [6.07, 6.45) is 0.795. The maximum Gasteiger partial charge on any atom is 0.266 e. The van der Waals surface area contributed by atoms with Crippen molar-refractivity contribution in [2.75, 3.05) is 13.7 Å². The molecule has 6 nitrogen and oxygen atoms in total. The van der Waals surface area contributed by atoms with Crippen LogP contribution in [0.2, 0.25) is 0 Å². The van der Waals surface area contributed by atoms with E-state index in [4.69, 9.17) is 9.72 Å². The zero-order valence-electron chi connectivity index (χ0n) is 17.8. The number of ether oxygens (including phenoxy) is 1. The number of aromatic nitrogens is 2. The van der Waals surface area contributed by atoms with E-state index in [2.05, 4.69) is 11.4 Å². The van der Waals surface area contributed by atoms with E-state index < -0.39 is 5.25 Å². The first-order valence-electron chi connectivity index (χ1n) is 10.2. The van der Waals surface area contributed by atoms with Crippen LogP contribution >= 0.6 is 23.1 Å². The summed E-state index contributed by atoms with van der Waals surface area (Å²) in [7, 11) is 1.58. The molecule has 1 unspecified atom stereocenters. The van der Waals surface area contributed by atoms with Crippen molar-refractivity contribution in [3.05, 3.63) is 81.3 Å². The van der Waals surface area contributed by atoms with Crippen molar-refractivity contribution in [1.82, 2.24) is 14.9 Å². The van der Waals surface area contributed by atoms with Gasteiger partial charge in [-0.15, -0.1) is 11.3 Å². The Morgan fingerprint density at radius 1 is 1.19 bits per heavy atom. The van der Waals surface area contributed by atoms with Crippen molar-refractivity contribution in [3.8, 4) is 11.4 Å². The second kappa shape index (κ2) is 10.0. The fourth-order valence-corrected chi connectivity index (χ4v) is 4.95. The molecular formula is C24H23N3O3S2. The fourth-order valence-electron chi connectivity index (χ4n) is 3.29. The van der Waals surface area contributed by atoms with E-state index in [1.807, 2.05) is 54.8 Å². The quantitative estimate of drug-likeness (QED) is 0.310. The van der Waals surface area contributed by atoms with Crippen LogP contribution in [0.1, 0.15) is 11.8 Å². The standard InChI is InChI=1S/C24H23N3O3S2/c1-16(22(28)25-13-12-19-9-6-14-31-19)32-24-26-21-11-4-3-10-20(21)23(29)27(24)17-7-5-8-18(15-17)30-2/h3-11,14-16H,12-13H2,1-2H3,(H,25,28). The van der Waals surface area contributed by atoms with E-state index in [1.165, 1.54) is 16.6 Å². The van der Waals surface area contributed by atoms with Crippen molar-refractivity contribution in [2.45, 2.75) is 23.8 Å². The first-order valence-corrected chi connectivity index (χ1v) is 12.0. The van der Waals surface area contributed by atoms with Gasteiger partial charge in [-0.05, 0) is 49.1 Å². The number of rotatable bonds is 8. The van der Waals surface area contributed by atoms with Crippen LogP contribution in [0.4, 0.5) is 0 Å². The number of benzene rings is 2. The molecule has 2 aromatic carbocycles. The number of hydrogen-bond acceptors (Lipinski definition) is 6. The van der Waals surface area contributed by atoms with Crippen molar-refractivity contribution < 1.29 is 9.53 Å². The van der Waals surface area contributed by atoms with Gasteiger partial charge in [-0.25, -0.2) is 4.98 Å². The van der Waals surface area contributed by atoms with Gasteiger partial charge in [-0.3, -0.25) is 14.2 Å². The Kier molecular flexibility index (Phi) is 6.92. The minimum absolute atomic E-state index is 0.0915. The van der Waals surface area contributed by atoms with Crippen LogP contribution in [-0.4, -0.2) is 34.4 Å². The molecule has 0 saturated heterocycles. The summed E-state index contributed by atoms with van der Waals surface area (Å²) in [5.41, 5.74) is 1.06. The molecule has 164 valence electrons. The Labute approximate surface area is 194 Å². The number of nitrogens with zero attached hydrogens (tertiary/aromatic N) is 2. The lowest BCUT2D eigenvalue weighted by atomic mass is 10.2. The van der Waals surface area contributed by atoms with Gasteiger partial charge in [-0.1, -0.05) is 36.0 Å². The van der Waals surface area contributed by atoms with Gasteiger partial charge in [0.15, 0.2) is 5.16 Å². The molecule has 32 heavy (non-hydrogen) atoms. The number of thioether (sulfide) groups is 1. The molecule has 0 bridgehead atoms. The SMILES string of the molecule is COc1cccc(-n2c(SC(C)C(=O)NCCc3cccs3)nc3ccccc3c2=O)c1. The number of amides is 1. The van der Waals surface area contributed by atoms with E-state index in [-0.39, 0.29) is 11.5 Å². The summed E-state index contributed by atoms with van der Waals surface area (Å²) in [5.74, 6) is 0.545. The van der Waals surface area contributed by atoms with E-state index in [9.17, 15) is 9.59 Å². The van der Waals surface area contributed by atoms with Gasteiger partial charge >= 0.3 is 0 Å². The van der Waals surface area contributed by atoms with Crippen LogP contribution < -0.4 is 15.6 Å². The Morgan fingerprint density at radius 2 is 2.03 bits per heavy atom. The molecule has 4 aromatic rings. The fraction of sp³-hybridized carbons (Fsp3) is 0.208. The van der Waals surface area contributed by atoms with Gasteiger partial charge in [0, 0.05) is 17.5 Å². The molecule has 1 N–H and O–H groups in total. The Morgan fingerprint density at radius 3 is 2.81 bits per heavy atom. The van der Waals surface area contributed by atoms with Crippen molar-refractivity contribution in [3.63, 3.8) is 0 Å². The molecule has 0 aliphatic rings. The van der Waals surface area contributed by atoms with Crippen LogP contribution in [0, 0.1) is 0 Å². The van der Waals surface area contributed by atoms with Gasteiger partial charge in [0.25, 0.3) is 5.56 Å². The lowest BCUT2D eigenvalue weighted by molar-refractivity contribution is -0.120. The van der Waals surface area contributed by atoms with Crippen LogP contribution in [0.15, 0.2) is 76.0 Å². The number of carbonyl (C=O) groups is 1. The molecule has 0 radical (unpaired) electrons. The predicted octanol–water partition coefficient (Wildman–Crippen LogP) is 4.30. The molecule has 0 spiro atoms. The third-order valence-electron chi connectivity index (χ3n) is 4.96. The first kappa shape index (κ1) is 22.1. The molecule has 8 heteroatoms.